The van der Waals surface area contributed by atoms with Crippen LogP contribution in [0.25, 0.3) is 0 Å². The molecule has 0 aromatic heterocycles. The molecule has 0 aromatic rings. The monoisotopic (exact) mass is 218 g/mol. The van der Waals surface area contributed by atoms with Gasteiger partial charge in [-0.15, -0.1) is 0 Å². The first kappa shape index (κ1) is 9.97. The van der Waals surface area contributed by atoms with E-state index in [1.807, 2.05) is 0 Å². The summed E-state index contributed by atoms with van der Waals surface area (Å²) in [6.45, 7) is 5.56. The third kappa shape index (κ3) is 1.39. The number of methoxy groups -OCH3 is 1. The zero-order chi connectivity index (χ0) is 11.1. The molecule has 0 spiro atoms. The Morgan fingerprint density at radius 1 is 1.44 bits per heavy atom. The number of ether oxygens (including phenoxy) is 1. The van der Waals surface area contributed by atoms with Crippen molar-refractivity contribution < 1.29 is 4.74 Å². The van der Waals surface area contributed by atoms with Crippen LogP contribution in [0.3, 0.4) is 0 Å². The van der Waals surface area contributed by atoms with Crippen LogP contribution in [-0.4, -0.2) is 37.7 Å². The van der Waals surface area contributed by atoms with Crippen molar-refractivity contribution in [1.82, 2.24) is 10.2 Å². The van der Waals surface area contributed by atoms with Crippen LogP contribution in [0.2, 0.25) is 0 Å². The van der Waals surface area contributed by atoms with Gasteiger partial charge in [-0.25, -0.2) is 0 Å². The Balaban J connectivity index is 1.99. The number of nitrogens with one attached hydrogen (secondary N) is 1. The van der Waals surface area contributed by atoms with E-state index >= 15 is 0 Å². The van der Waals surface area contributed by atoms with Gasteiger partial charge in [-0.05, 0) is 24.1 Å². The lowest BCUT2D eigenvalue weighted by atomic mass is 9.96. The molecule has 1 saturated heterocycles. The van der Waals surface area contributed by atoms with E-state index in [1.54, 1.807) is 7.11 Å². The third-order valence-electron chi connectivity index (χ3n) is 3.72. The van der Waals surface area contributed by atoms with E-state index in [2.05, 4.69) is 29.3 Å². The maximum Gasteiger partial charge on any atom is 0.1000 e. The molecule has 2 heterocycles. The van der Waals surface area contributed by atoms with Gasteiger partial charge in [0.15, 0.2) is 0 Å². The van der Waals surface area contributed by atoms with Crippen molar-refractivity contribution in [3.05, 3.63) is 34.8 Å². The molecule has 1 N–H and O–H groups in total. The van der Waals surface area contributed by atoms with Crippen molar-refractivity contribution in [3.8, 4) is 0 Å². The minimum atomic E-state index is 0.478. The lowest BCUT2D eigenvalue weighted by molar-refractivity contribution is 0.281. The van der Waals surface area contributed by atoms with Crippen molar-refractivity contribution in [2.75, 3.05) is 26.7 Å². The van der Waals surface area contributed by atoms with E-state index in [1.165, 1.54) is 16.8 Å². The molecule has 3 aliphatic rings. The van der Waals surface area contributed by atoms with Gasteiger partial charge >= 0.3 is 0 Å². The minimum absolute atomic E-state index is 0.478. The summed E-state index contributed by atoms with van der Waals surface area (Å²) in [4.78, 5) is 2.51. The van der Waals surface area contributed by atoms with Crippen LogP contribution in [0, 0.1) is 0 Å². The Labute approximate surface area is 96.5 Å². The fourth-order valence-corrected chi connectivity index (χ4v) is 2.91. The number of hydrogen-bond acceptors (Lipinski definition) is 3. The molecule has 86 valence electrons. The molecule has 1 aliphatic carbocycles. The van der Waals surface area contributed by atoms with Gasteiger partial charge in [0, 0.05) is 37.8 Å². The van der Waals surface area contributed by atoms with Gasteiger partial charge in [-0.1, -0.05) is 6.08 Å². The van der Waals surface area contributed by atoms with Crippen LogP contribution >= 0.6 is 0 Å². The molecule has 0 aromatic carbocycles. The van der Waals surface area contributed by atoms with Crippen molar-refractivity contribution in [2.24, 2.45) is 0 Å². The number of fused-ring (bicyclic) bond motifs is 2. The van der Waals surface area contributed by atoms with E-state index < -0.39 is 0 Å². The predicted octanol–water partition coefficient (Wildman–Crippen LogP) is 1.41. The van der Waals surface area contributed by atoms with Crippen molar-refractivity contribution in [3.63, 3.8) is 0 Å². The van der Waals surface area contributed by atoms with Gasteiger partial charge in [0.05, 0.1) is 12.9 Å². The molecule has 0 radical (unpaired) electrons. The lowest BCUT2D eigenvalue weighted by Crippen LogP contribution is -2.45. The fourth-order valence-electron chi connectivity index (χ4n) is 2.91. The summed E-state index contributed by atoms with van der Waals surface area (Å²) < 4.78 is 5.36. The summed E-state index contributed by atoms with van der Waals surface area (Å²) >= 11 is 0. The molecule has 0 bridgehead atoms. The number of hydrogen-bond donors (Lipinski definition) is 1. The SMILES string of the molecule is COC1=CC=C2CN3CCNC(C)C3=C2C1. The summed E-state index contributed by atoms with van der Waals surface area (Å²) in [5.41, 5.74) is 4.45. The summed E-state index contributed by atoms with van der Waals surface area (Å²) in [6, 6.07) is 0.478. The van der Waals surface area contributed by atoms with E-state index in [0.717, 1.165) is 31.8 Å². The van der Waals surface area contributed by atoms with Gasteiger partial charge in [-0.2, -0.15) is 0 Å². The van der Waals surface area contributed by atoms with E-state index in [9.17, 15) is 0 Å². The van der Waals surface area contributed by atoms with E-state index in [0.29, 0.717) is 6.04 Å². The molecule has 16 heavy (non-hydrogen) atoms. The normalized spacial score (nSPS) is 28.4. The van der Waals surface area contributed by atoms with Gasteiger partial charge < -0.3 is 15.0 Å². The highest BCUT2D eigenvalue weighted by Gasteiger charge is 2.33. The highest BCUT2D eigenvalue weighted by Crippen LogP contribution is 2.37. The molecule has 3 nitrogen and oxygen atoms in total. The molecule has 0 amide bonds. The van der Waals surface area contributed by atoms with Crippen molar-refractivity contribution in [2.45, 2.75) is 19.4 Å². The molecule has 1 unspecified atom stereocenters. The van der Waals surface area contributed by atoms with Crippen LogP contribution < -0.4 is 5.32 Å². The molecule has 0 saturated carbocycles. The maximum atomic E-state index is 5.36. The number of allylic oxidation sites excluding steroid dienone is 3. The molecular formula is C13H18N2O. The van der Waals surface area contributed by atoms with Crippen LogP contribution in [0.15, 0.2) is 34.8 Å². The van der Waals surface area contributed by atoms with Gasteiger partial charge in [0.25, 0.3) is 0 Å². The summed E-state index contributed by atoms with van der Waals surface area (Å²) in [5, 5.41) is 3.53. The molecule has 2 aliphatic heterocycles. The lowest BCUT2D eigenvalue weighted by Gasteiger charge is -2.33. The Morgan fingerprint density at radius 3 is 3.12 bits per heavy atom. The van der Waals surface area contributed by atoms with Crippen molar-refractivity contribution >= 4 is 0 Å². The average molecular weight is 218 g/mol. The maximum absolute atomic E-state index is 5.36. The standard InChI is InChI=1S/C13H18N2O/c1-9-13-12-7-11(16-2)4-3-10(12)8-15(13)6-5-14-9/h3-4,9,14H,5-8H2,1-2H3. The van der Waals surface area contributed by atoms with Crippen molar-refractivity contribution in [1.29, 1.82) is 0 Å². The van der Waals surface area contributed by atoms with Crippen LogP contribution in [-0.2, 0) is 4.74 Å². The highest BCUT2D eigenvalue weighted by molar-refractivity contribution is 5.50. The van der Waals surface area contributed by atoms with Gasteiger partial charge in [0.1, 0.15) is 0 Å². The molecule has 1 fully saturated rings. The fraction of sp³-hybridized carbons (Fsp3) is 0.538. The molecule has 3 heteroatoms. The smallest absolute Gasteiger partial charge is 0.1000 e. The second kappa shape index (κ2) is 3.67. The topological polar surface area (TPSA) is 24.5 Å². The molecular weight excluding hydrogens is 200 g/mol. The summed E-state index contributed by atoms with van der Waals surface area (Å²) in [7, 11) is 1.76. The van der Waals surface area contributed by atoms with E-state index in [-0.39, 0.29) is 0 Å². The number of piperazine rings is 1. The predicted molar refractivity (Wildman–Crippen MR) is 63.9 cm³/mol. The zero-order valence-corrected chi connectivity index (χ0v) is 9.92. The Bertz CT molecular complexity index is 406. The Hall–Kier alpha value is -1.22. The first-order valence-electron chi connectivity index (χ1n) is 5.95. The van der Waals surface area contributed by atoms with Crippen LogP contribution in [0.5, 0.6) is 0 Å². The number of nitrogens with zero attached hydrogens (tertiary/aromatic N) is 1. The summed E-state index contributed by atoms with van der Waals surface area (Å²) in [6.07, 6.45) is 5.28. The van der Waals surface area contributed by atoms with E-state index in [4.69, 9.17) is 4.74 Å². The van der Waals surface area contributed by atoms with Crippen LogP contribution in [0.1, 0.15) is 13.3 Å². The second-order valence-corrected chi connectivity index (χ2v) is 4.67. The Kier molecular flexibility index (Phi) is 2.28. The molecule has 3 rings (SSSR count). The number of rotatable bonds is 1. The first-order chi connectivity index (χ1) is 7.79. The first-order valence-corrected chi connectivity index (χ1v) is 5.95. The second-order valence-electron chi connectivity index (χ2n) is 4.67. The van der Waals surface area contributed by atoms with Crippen LogP contribution in [0.4, 0.5) is 0 Å². The average Bonchev–Trinajstić information content (AvgIpc) is 2.67. The van der Waals surface area contributed by atoms with Gasteiger partial charge in [-0.3, -0.25) is 0 Å². The minimum Gasteiger partial charge on any atom is -0.501 e. The highest BCUT2D eigenvalue weighted by atomic mass is 16.5. The summed E-state index contributed by atoms with van der Waals surface area (Å²) in [5.74, 6) is 1.07. The largest absolute Gasteiger partial charge is 0.501 e. The van der Waals surface area contributed by atoms with Gasteiger partial charge in [0.2, 0.25) is 0 Å². The zero-order valence-electron chi connectivity index (χ0n) is 9.92. The quantitative estimate of drug-likeness (QED) is 0.720. The Morgan fingerprint density at radius 2 is 2.31 bits per heavy atom. The third-order valence-corrected chi connectivity index (χ3v) is 3.72. The molecule has 1 atom stereocenters.